The number of para-hydroxylation sites is 1. The van der Waals surface area contributed by atoms with Gasteiger partial charge in [-0.15, -0.1) is 10.2 Å². The molecule has 0 spiro atoms. The number of nitrogens with one attached hydrogen (secondary N) is 1. The minimum atomic E-state index is -0.439. The van der Waals surface area contributed by atoms with Crippen LogP contribution < -0.4 is 5.32 Å². The molecule has 0 fully saturated rings. The molecular weight excluding hydrogens is 358 g/mol. The van der Waals surface area contributed by atoms with Gasteiger partial charge in [0.25, 0.3) is 5.91 Å². The third-order valence-electron chi connectivity index (χ3n) is 3.24. The standard InChI is InChI=1S/C17H13N3O3S2/c1-23-16(22)12-8-6-11(7-9-12)15(21)19-13-4-2-3-5-14(13)25-17-20-18-10-24-17/h2-10H,1H3,(H,19,21). The number of rotatable bonds is 5. The van der Waals surface area contributed by atoms with Crippen LogP contribution in [0.2, 0.25) is 0 Å². The number of nitrogens with zero attached hydrogens (tertiary/aromatic N) is 2. The van der Waals surface area contributed by atoms with Crippen molar-refractivity contribution in [2.75, 3.05) is 12.4 Å². The SMILES string of the molecule is COC(=O)c1ccc(C(=O)Nc2ccccc2Sc2nncs2)cc1. The van der Waals surface area contributed by atoms with Gasteiger partial charge >= 0.3 is 5.97 Å². The Morgan fingerprint density at radius 2 is 1.80 bits per heavy atom. The number of benzene rings is 2. The van der Waals surface area contributed by atoms with Crippen LogP contribution in [0.1, 0.15) is 20.7 Å². The first-order valence-electron chi connectivity index (χ1n) is 7.20. The predicted octanol–water partition coefficient (Wildman–Crippen LogP) is 3.73. The fourth-order valence-electron chi connectivity index (χ4n) is 2.03. The molecule has 2 aromatic carbocycles. The van der Waals surface area contributed by atoms with Gasteiger partial charge in [-0.25, -0.2) is 4.79 Å². The first-order valence-corrected chi connectivity index (χ1v) is 8.90. The Labute approximate surface area is 152 Å². The molecule has 126 valence electrons. The summed E-state index contributed by atoms with van der Waals surface area (Å²) < 4.78 is 5.44. The van der Waals surface area contributed by atoms with E-state index in [4.69, 9.17) is 0 Å². The van der Waals surface area contributed by atoms with Crippen LogP contribution in [0.3, 0.4) is 0 Å². The molecule has 0 aliphatic carbocycles. The van der Waals surface area contributed by atoms with Gasteiger partial charge < -0.3 is 10.1 Å². The van der Waals surface area contributed by atoms with Crippen LogP contribution in [-0.4, -0.2) is 29.2 Å². The quantitative estimate of drug-likeness (QED) is 0.688. The van der Waals surface area contributed by atoms with Crippen LogP contribution >= 0.6 is 23.1 Å². The van der Waals surface area contributed by atoms with E-state index >= 15 is 0 Å². The van der Waals surface area contributed by atoms with Crippen molar-refractivity contribution < 1.29 is 14.3 Å². The highest BCUT2D eigenvalue weighted by molar-refractivity contribution is 8.01. The highest BCUT2D eigenvalue weighted by Crippen LogP contribution is 2.34. The number of carbonyl (C=O) groups excluding carboxylic acids is 2. The largest absolute Gasteiger partial charge is 0.465 e. The average Bonchev–Trinajstić information content (AvgIpc) is 3.16. The van der Waals surface area contributed by atoms with Crippen molar-refractivity contribution in [2.24, 2.45) is 0 Å². The zero-order valence-electron chi connectivity index (χ0n) is 13.1. The zero-order chi connectivity index (χ0) is 17.6. The second-order valence-electron chi connectivity index (χ2n) is 4.83. The zero-order valence-corrected chi connectivity index (χ0v) is 14.8. The van der Waals surface area contributed by atoms with E-state index in [-0.39, 0.29) is 5.91 Å². The Balaban J connectivity index is 1.76. The van der Waals surface area contributed by atoms with E-state index in [0.29, 0.717) is 16.8 Å². The molecule has 0 aliphatic heterocycles. The van der Waals surface area contributed by atoms with Gasteiger partial charge in [-0.2, -0.15) is 0 Å². The molecule has 3 rings (SSSR count). The molecule has 25 heavy (non-hydrogen) atoms. The second-order valence-corrected chi connectivity index (χ2v) is 6.95. The number of aromatic nitrogens is 2. The van der Waals surface area contributed by atoms with Crippen molar-refractivity contribution >= 4 is 40.7 Å². The Bertz CT molecular complexity index is 880. The summed E-state index contributed by atoms with van der Waals surface area (Å²) in [6.07, 6.45) is 0. The van der Waals surface area contributed by atoms with Gasteiger partial charge in [0.1, 0.15) is 5.51 Å². The molecular formula is C17H13N3O3S2. The van der Waals surface area contributed by atoms with Gasteiger partial charge in [-0.3, -0.25) is 4.79 Å². The van der Waals surface area contributed by atoms with Crippen LogP contribution in [0.5, 0.6) is 0 Å². The molecule has 1 aromatic heterocycles. The second kappa shape index (κ2) is 7.91. The van der Waals surface area contributed by atoms with Gasteiger partial charge in [0, 0.05) is 10.5 Å². The molecule has 8 heteroatoms. The van der Waals surface area contributed by atoms with Crippen molar-refractivity contribution in [2.45, 2.75) is 9.24 Å². The Kier molecular flexibility index (Phi) is 5.42. The number of ether oxygens (including phenoxy) is 1. The number of esters is 1. The van der Waals surface area contributed by atoms with Crippen LogP contribution in [0.25, 0.3) is 0 Å². The van der Waals surface area contributed by atoms with Crippen LogP contribution in [0.4, 0.5) is 5.69 Å². The summed E-state index contributed by atoms with van der Waals surface area (Å²) in [6.45, 7) is 0. The van der Waals surface area contributed by atoms with Crippen molar-refractivity contribution in [3.8, 4) is 0 Å². The lowest BCUT2D eigenvalue weighted by atomic mass is 10.1. The van der Waals surface area contributed by atoms with Crippen molar-refractivity contribution in [3.05, 3.63) is 65.2 Å². The molecule has 1 N–H and O–H groups in total. The van der Waals surface area contributed by atoms with Crippen molar-refractivity contribution in [3.63, 3.8) is 0 Å². The minimum Gasteiger partial charge on any atom is -0.465 e. The Morgan fingerprint density at radius 3 is 2.48 bits per heavy atom. The van der Waals surface area contributed by atoms with Gasteiger partial charge in [0.2, 0.25) is 0 Å². The first-order chi connectivity index (χ1) is 12.2. The highest BCUT2D eigenvalue weighted by Gasteiger charge is 2.12. The molecule has 0 saturated heterocycles. The summed E-state index contributed by atoms with van der Waals surface area (Å²) in [6, 6.07) is 13.8. The van der Waals surface area contributed by atoms with E-state index in [2.05, 4.69) is 20.3 Å². The third kappa shape index (κ3) is 4.23. The number of hydrogen-bond donors (Lipinski definition) is 1. The van der Waals surface area contributed by atoms with Gasteiger partial charge in [0.15, 0.2) is 4.34 Å². The van der Waals surface area contributed by atoms with E-state index in [1.54, 1.807) is 29.8 Å². The lowest BCUT2D eigenvalue weighted by molar-refractivity contribution is 0.0600. The lowest BCUT2D eigenvalue weighted by Crippen LogP contribution is -2.13. The normalized spacial score (nSPS) is 10.3. The van der Waals surface area contributed by atoms with Crippen LogP contribution in [-0.2, 0) is 4.74 Å². The molecule has 1 amide bonds. The topological polar surface area (TPSA) is 81.2 Å². The van der Waals surface area contributed by atoms with Crippen LogP contribution in [0, 0.1) is 0 Å². The molecule has 0 bridgehead atoms. The summed E-state index contributed by atoms with van der Waals surface area (Å²) in [5.41, 5.74) is 3.19. The number of methoxy groups -OCH3 is 1. The lowest BCUT2D eigenvalue weighted by Gasteiger charge is -2.10. The maximum Gasteiger partial charge on any atom is 0.337 e. The van der Waals surface area contributed by atoms with E-state index in [1.807, 2.05) is 24.3 Å². The summed E-state index contributed by atoms with van der Waals surface area (Å²) in [4.78, 5) is 24.8. The van der Waals surface area contributed by atoms with E-state index in [9.17, 15) is 9.59 Å². The van der Waals surface area contributed by atoms with Crippen LogP contribution in [0.15, 0.2) is 63.3 Å². The predicted molar refractivity (Wildman–Crippen MR) is 96.2 cm³/mol. The number of carbonyl (C=O) groups is 2. The average molecular weight is 371 g/mol. The Hall–Kier alpha value is -2.71. The van der Waals surface area contributed by atoms with Gasteiger partial charge in [-0.1, -0.05) is 35.2 Å². The van der Waals surface area contributed by atoms with Crippen molar-refractivity contribution in [1.82, 2.24) is 10.2 Å². The van der Waals surface area contributed by atoms with Gasteiger partial charge in [-0.05, 0) is 36.4 Å². The van der Waals surface area contributed by atoms with E-state index in [0.717, 1.165) is 9.24 Å². The molecule has 6 nitrogen and oxygen atoms in total. The minimum absolute atomic E-state index is 0.262. The third-order valence-corrected chi connectivity index (χ3v) is 5.09. The van der Waals surface area contributed by atoms with E-state index < -0.39 is 5.97 Å². The molecule has 0 saturated carbocycles. The smallest absolute Gasteiger partial charge is 0.337 e. The number of hydrogen-bond acceptors (Lipinski definition) is 7. The monoisotopic (exact) mass is 371 g/mol. The molecule has 0 aliphatic rings. The molecule has 1 heterocycles. The Morgan fingerprint density at radius 1 is 1.08 bits per heavy atom. The fourth-order valence-corrected chi connectivity index (χ4v) is 3.55. The van der Waals surface area contributed by atoms with E-state index in [1.165, 1.54) is 30.2 Å². The summed E-state index contributed by atoms with van der Waals surface area (Å²) in [5.74, 6) is -0.701. The molecule has 0 radical (unpaired) electrons. The summed E-state index contributed by atoms with van der Waals surface area (Å²) >= 11 is 2.87. The summed E-state index contributed by atoms with van der Waals surface area (Å²) in [7, 11) is 1.32. The molecule has 3 aromatic rings. The fraction of sp³-hybridized carbons (Fsp3) is 0.0588. The molecule has 0 unspecified atom stereocenters. The maximum absolute atomic E-state index is 12.5. The highest BCUT2D eigenvalue weighted by atomic mass is 32.2. The first kappa shape index (κ1) is 17.1. The molecule has 0 atom stereocenters. The summed E-state index contributed by atoms with van der Waals surface area (Å²) in [5, 5.41) is 10.7. The van der Waals surface area contributed by atoms with Crippen molar-refractivity contribution in [1.29, 1.82) is 0 Å². The maximum atomic E-state index is 12.5. The number of amides is 1. The van der Waals surface area contributed by atoms with Gasteiger partial charge in [0.05, 0.1) is 18.4 Å². The number of anilines is 1.